The molecule has 0 aliphatic carbocycles. The first-order chi connectivity index (χ1) is 11.2. The van der Waals surface area contributed by atoms with E-state index in [2.05, 4.69) is 10.1 Å². The number of halogens is 2. The Hall–Kier alpha value is -2.34. The summed E-state index contributed by atoms with van der Waals surface area (Å²) in [6.45, 7) is -0.351. The van der Waals surface area contributed by atoms with Gasteiger partial charge in [0.15, 0.2) is 11.5 Å². The lowest BCUT2D eigenvalue weighted by atomic mass is 10.1. The van der Waals surface area contributed by atoms with E-state index in [1.807, 2.05) is 18.2 Å². The lowest BCUT2D eigenvalue weighted by Gasteiger charge is -2.19. The van der Waals surface area contributed by atoms with Crippen LogP contribution in [0.5, 0.6) is 17.2 Å². The summed E-state index contributed by atoms with van der Waals surface area (Å²) < 4.78 is 39.5. The fourth-order valence-corrected chi connectivity index (χ4v) is 2.34. The molecule has 1 N–H and O–H groups in total. The van der Waals surface area contributed by atoms with E-state index in [4.69, 9.17) is 9.47 Å². The molecule has 0 unspecified atom stereocenters. The summed E-state index contributed by atoms with van der Waals surface area (Å²) in [5.74, 6) is 1.70. The Bertz CT molecular complexity index is 647. The SMILES string of the molecule is FC(F)Oc1ccc(CNCc2ccc3c(c2)OCCO3)cc1. The van der Waals surface area contributed by atoms with Crippen LogP contribution in [0.3, 0.4) is 0 Å². The summed E-state index contributed by atoms with van der Waals surface area (Å²) in [5.41, 5.74) is 2.08. The smallest absolute Gasteiger partial charge is 0.387 e. The predicted molar refractivity (Wildman–Crippen MR) is 81.0 cm³/mol. The van der Waals surface area contributed by atoms with Gasteiger partial charge in [-0.3, -0.25) is 0 Å². The van der Waals surface area contributed by atoms with E-state index in [1.54, 1.807) is 12.1 Å². The molecule has 1 heterocycles. The molecule has 2 aromatic rings. The highest BCUT2D eigenvalue weighted by atomic mass is 19.3. The second kappa shape index (κ2) is 7.28. The van der Waals surface area contributed by atoms with Crippen molar-refractivity contribution in [2.45, 2.75) is 19.7 Å². The van der Waals surface area contributed by atoms with Crippen molar-refractivity contribution in [3.05, 3.63) is 53.6 Å². The fourth-order valence-electron chi connectivity index (χ4n) is 2.34. The maximum Gasteiger partial charge on any atom is 0.387 e. The highest BCUT2D eigenvalue weighted by molar-refractivity contribution is 5.43. The predicted octanol–water partition coefficient (Wildman–Crippen LogP) is 3.35. The van der Waals surface area contributed by atoms with Crippen molar-refractivity contribution in [2.24, 2.45) is 0 Å². The van der Waals surface area contributed by atoms with Crippen LogP contribution < -0.4 is 19.5 Å². The van der Waals surface area contributed by atoms with Crippen LogP contribution in [0.2, 0.25) is 0 Å². The third kappa shape index (κ3) is 4.32. The zero-order valence-electron chi connectivity index (χ0n) is 12.4. The number of hydrogen-bond donors (Lipinski definition) is 1. The first-order valence-electron chi connectivity index (χ1n) is 7.34. The summed E-state index contributed by atoms with van der Waals surface area (Å²) in [5, 5.41) is 3.30. The number of hydrogen-bond acceptors (Lipinski definition) is 4. The standard InChI is InChI=1S/C17H17F2NO3/c18-17(19)23-14-4-1-12(2-5-14)10-20-11-13-3-6-15-16(9-13)22-8-7-21-15/h1-6,9,17,20H,7-8,10-11H2. The number of benzene rings is 2. The molecule has 3 rings (SSSR count). The van der Waals surface area contributed by atoms with Crippen molar-refractivity contribution in [3.8, 4) is 17.2 Å². The topological polar surface area (TPSA) is 39.7 Å². The van der Waals surface area contributed by atoms with Crippen molar-refractivity contribution in [1.82, 2.24) is 5.32 Å². The quantitative estimate of drug-likeness (QED) is 0.886. The molecule has 0 saturated heterocycles. The van der Waals surface area contributed by atoms with E-state index in [-0.39, 0.29) is 5.75 Å². The zero-order chi connectivity index (χ0) is 16.1. The summed E-state index contributed by atoms with van der Waals surface area (Å²) in [6, 6.07) is 12.4. The monoisotopic (exact) mass is 321 g/mol. The first-order valence-corrected chi connectivity index (χ1v) is 7.34. The number of fused-ring (bicyclic) bond motifs is 1. The average Bonchev–Trinajstić information content (AvgIpc) is 2.56. The molecule has 4 nitrogen and oxygen atoms in total. The van der Waals surface area contributed by atoms with E-state index < -0.39 is 6.61 Å². The highest BCUT2D eigenvalue weighted by Gasteiger charge is 2.11. The molecular formula is C17H17F2NO3. The number of nitrogens with one attached hydrogen (secondary N) is 1. The van der Waals surface area contributed by atoms with Crippen LogP contribution in [0.1, 0.15) is 11.1 Å². The molecule has 23 heavy (non-hydrogen) atoms. The largest absolute Gasteiger partial charge is 0.486 e. The van der Waals surface area contributed by atoms with E-state index >= 15 is 0 Å². The van der Waals surface area contributed by atoms with Gasteiger partial charge in [-0.2, -0.15) is 8.78 Å². The Labute approximate surface area is 133 Å². The van der Waals surface area contributed by atoms with Crippen LogP contribution >= 0.6 is 0 Å². The highest BCUT2D eigenvalue weighted by Crippen LogP contribution is 2.30. The second-order valence-corrected chi connectivity index (χ2v) is 5.10. The minimum absolute atomic E-state index is 0.163. The van der Waals surface area contributed by atoms with Gasteiger partial charge in [0.1, 0.15) is 19.0 Å². The normalized spacial score (nSPS) is 13.2. The molecule has 0 radical (unpaired) electrons. The van der Waals surface area contributed by atoms with Gasteiger partial charge in [-0.15, -0.1) is 0 Å². The van der Waals surface area contributed by atoms with Crippen LogP contribution in [-0.2, 0) is 13.1 Å². The Balaban J connectivity index is 1.51. The van der Waals surface area contributed by atoms with Crippen LogP contribution in [0.4, 0.5) is 8.78 Å². The molecular weight excluding hydrogens is 304 g/mol. The fraction of sp³-hybridized carbons (Fsp3) is 0.294. The molecule has 0 atom stereocenters. The Kier molecular flexibility index (Phi) is 4.92. The Morgan fingerprint density at radius 2 is 1.57 bits per heavy atom. The van der Waals surface area contributed by atoms with E-state index in [9.17, 15) is 8.78 Å². The molecule has 0 amide bonds. The molecule has 122 valence electrons. The van der Waals surface area contributed by atoms with Crippen LogP contribution in [0.15, 0.2) is 42.5 Å². The van der Waals surface area contributed by atoms with Gasteiger partial charge in [-0.05, 0) is 35.4 Å². The molecule has 1 aliphatic rings. The van der Waals surface area contributed by atoms with Gasteiger partial charge in [-0.25, -0.2) is 0 Å². The summed E-state index contributed by atoms with van der Waals surface area (Å²) >= 11 is 0. The molecule has 0 aromatic heterocycles. The van der Waals surface area contributed by atoms with Gasteiger partial charge < -0.3 is 19.5 Å². The van der Waals surface area contributed by atoms with Crippen LogP contribution in [0, 0.1) is 0 Å². The maximum atomic E-state index is 12.1. The van der Waals surface area contributed by atoms with Crippen LogP contribution in [-0.4, -0.2) is 19.8 Å². The van der Waals surface area contributed by atoms with E-state index in [0.717, 1.165) is 22.6 Å². The summed E-state index contributed by atoms with van der Waals surface area (Å²) in [4.78, 5) is 0. The minimum Gasteiger partial charge on any atom is -0.486 e. The van der Waals surface area contributed by atoms with Gasteiger partial charge in [0.2, 0.25) is 0 Å². The summed E-state index contributed by atoms with van der Waals surface area (Å²) in [6.07, 6.45) is 0. The van der Waals surface area contributed by atoms with Gasteiger partial charge in [-0.1, -0.05) is 18.2 Å². The lowest BCUT2D eigenvalue weighted by Crippen LogP contribution is -2.16. The second-order valence-electron chi connectivity index (χ2n) is 5.10. The molecule has 0 fully saturated rings. The molecule has 0 bridgehead atoms. The van der Waals surface area contributed by atoms with Crippen molar-refractivity contribution in [1.29, 1.82) is 0 Å². The molecule has 0 spiro atoms. The third-order valence-corrected chi connectivity index (χ3v) is 3.41. The Morgan fingerprint density at radius 3 is 2.30 bits per heavy atom. The van der Waals surface area contributed by atoms with Gasteiger partial charge in [0.25, 0.3) is 0 Å². The maximum absolute atomic E-state index is 12.1. The Morgan fingerprint density at radius 1 is 0.913 bits per heavy atom. The van der Waals surface area contributed by atoms with Crippen LogP contribution in [0.25, 0.3) is 0 Å². The van der Waals surface area contributed by atoms with E-state index in [1.165, 1.54) is 12.1 Å². The zero-order valence-corrected chi connectivity index (χ0v) is 12.4. The van der Waals surface area contributed by atoms with Gasteiger partial charge >= 0.3 is 6.61 Å². The van der Waals surface area contributed by atoms with Crippen molar-refractivity contribution < 1.29 is 23.0 Å². The van der Waals surface area contributed by atoms with Gasteiger partial charge in [0.05, 0.1) is 0 Å². The van der Waals surface area contributed by atoms with Gasteiger partial charge in [0, 0.05) is 13.1 Å². The molecule has 1 aliphatic heterocycles. The molecule has 6 heteroatoms. The van der Waals surface area contributed by atoms with Crippen molar-refractivity contribution >= 4 is 0 Å². The van der Waals surface area contributed by atoms with Crippen molar-refractivity contribution in [3.63, 3.8) is 0 Å². The summed E-state index contributed by atoms with van der Waals surface area (Å²) in [7, 11) is 0. The molecule has 2 aromatic carbocycles. The average molecular weight is 321 g/mol. The van der Waals surface area contributed by atoms with E-state index in [0.29, 0.717) is 26.3 Å². The van der Waals surface area contributed by atoms with Crippen molar-refractivity contribution in [2.75, 3.05) is 13.2 Å². The first kappa shape index (κ1) is 15.6. The number of rotatable bonds is 6. The molecule has 0 saturated carbocycles. The lowest BCUT2D eigenvalue weighted by molar-refractivity contribution is -0.0498. The number of alkyl halides is 2. The number of ether oxygens (including phenoxy) is 3. The third-order valence-electron chi connectivity index (χ3n) is 3.41. The minimum atomic E-state index is -2.80.